The highest BCUT2D eigenvalue weighted by Crippen LogP contribution is 2.71. The zero-order valence-corrected chi connectivity index (χ0v) is 21.1. The second-order valence-corrected chi connectivity index (χ2v) is 11.2. The smallest absolute Gasteiger partial charge is 0.306 e. The van der Waals surface area contributed by atoms with Gasteiger partial charge < -0.3 is 14.6 Å². The number of fused-ring (bicyclic) bond motifs is 5. The summed E-state index contributed by atoms with van der Waals surface area (Å²) in [5.41, 5.74) is -5.26. The number of ketones is 2. The third-order valence-corrected chi connectivity index (χ3v) is 9.57. The number of ether oxygens (including phenoxy) is 2. The van der Waals surface area contributed by atoms with Crippen molar-refractivity contribution in [1.82, 2.24) is 0 Å². The van der Waals surface area contributed by atoms with E-state index in [-0.39, 0.29) is 24.5 Å². The summed E-state index contributed by atoms with van der Waals surface area (Å²) in [5.74, 6) is -3.41. The first kappa shape index (κ1) is 25.7. The van der Waals surface area contributed by atoms with E-state index in [1.807, 2.05) is 0 Å². The molecule has 4 aliphatic carbocycles. The van der Waals surface area contributed by atoms with Crippen LogP contribution in [0.2, 0.25) is 0 Å². The summed E-state index contributed by atoms with van der Waals surface area (Å²) in [4.78, 5) is 49.8. The number of rotatable bonds is 5. The van der Waals surface area contributed by atoms with Crippen molar-refractivity contribution in [2.75, 3.05) is 6.61 Å². The lowest BCUT2D eigenvalue weighted by molar-refractivity contribution is -0.228. The highest BCUT2D eigenvalue weighted by atomic mass is 19.1. The predicted molar refractivity (Wildman–Crippen MR) is 124 cm³/mol. The maximum Gasteiger partial charge on any atom is 0.306 e. The summed E-state index contributed by atoms with van der Waals surface area (Å²) in [6.07, 6.45) is 4.21. The predicted octanol–water partition coefficient (Wildman–Crippen LogP) is 3.43. The molecular formula is C27H35FO7. The number of alkyl halides is 1. The van der Waals surface area contributed by atoms with Crippen molar-refractivity contribution in [3.05, 3.63) is 23.8 Å². The Morgan fingerprint density at radius 2 is 1.91 bits per heavy atom. The fraction of sp³-hybridized carbons (Fsp3) is 0.704. The van der Waals surface area contributed by atoms with Gasteiger partial charge in [-0.2, -0.15) is 0 Å². The van der Waals surface area contributed by atoms with Gasteiger partial charge in [-0.3, -0.25) is 19.2 Å². The number of allylic oxidation sites excluding steroid dienone is 4. The van der Waals surface area contributed by atoms with E-state index in [0.717, 1.165) is 0 Å². The minimum Gasteiger partial charge on any atom is -0.458 e. The van der Waals surface area contributed by atoms with E-state index in [2.05, 4.69) is 0 Å². The highest BCUT2D eigenvalue weighted by molar-refractivity contribution is 6.01. The van der Waals surface area contributed by atoms with Gasteiger partial charge in [0.15, 0.2) is 23.7 Å². The van der Waals surface area contributed by atoms with Crippen molar-refractivity contribution in [1.29, 1.82) is 0 Å². The molecule has 0 heterocycles. The lowest BCUT2D eigenvalue weighted by Gasteiger charge is -2.62. The topological polar surface area (TPSA) is 107 Å². The molecule has 192 valence electrons. The Labute approximate surface area is 205 Å². The Bertz CT molecular complexity index is 1030. The minimum absolute atomic E-state index is 0.0418. The molecule has 0 bridgehead atoms. The van der Waals surface area contributed by atoms with Crippen LogP contribution in [-0.4, -0.2) is 52.6 Å². The number of Topliss-reactive ketones (excluding diaryl/α,β-unsaturated/α-hetero) is 1. The molecule has 0 spiro atoms. The summed E-state index contributed by atoms with van der Waals surface area (Å²) in [6.45, 7) is 7.59. The summed E-state index contributed by atoms with van der Waals surface area (Å²) in [5, 5.41) is 11.5. The van der Waals surface area contributed by atoms with E-state index in [1.54, 1.807) is 33.8 Å². The van der Waals surface area contributed by atoms with E-state index in [9.17, 15) is 24.3 Å². The minimum atomic E-state index is -2.05. The molecule has 0 aromatic carbocycles. The number of aliphatic hydroxyl groups is 1. The van der Waals surface area contributed by atoms with E-state index in [4.69, 9.17) is 9.47 Å². The molecule has 8 atom stereocenters. The van der Waals surface area contributed by atoms with Gasteiger partial charge in [0.25, 0.3) is 0 Å². The molecule has 3 saturated carbocycles. The van der Waals surface area contributed by atoms with Gasteiger partial charge in [0.1, 0.15) is 0 Å². The summed E-state index contributed by atoms with van der Waals surface area (Å²) in [7, 11) is 0. The Morgan fingerprint density at radius 3 is 2.54 bits per heavy atom. The number of hydrogen-bond donors (Lipinski definition) is 1. The van der Waals surface area contributed by atoms with Gasteiger partial charge >= 0.3 is 11.9 Å². The van der Waals surface area contributed by atoms with Crippen LogP contribution in [0.1, 0.15) is 66.7 Å². The van der Waals surface area contributed by atoms with Crippen LogP contribution in [-0.2, 0) is 28.7 Å². The second kappa shape index (κ2) is 8.36. The van der Waals surface area contributed by atoms with Gasteiger partial charge in [-0.15, -0.1) is 0 Å². The molecule has 35 heavy (non-hydrogen) atoms. The van der Waals surface area contributed by atoms with Crippen LogP contribution in [0.4, 0.5) is 4.39 Å². The molecule has 0 saturated heterocycles. The van der Waals surface area contributed by atoms with Crippen LogP contribution >= 0.6 is 0 Å². The maximum absolute atomic E-state index is 17.3. The average Bonchev–Trinajstić information content (AvgIpc) is 3.00. The monoisotopic (exact) mass is 490 g/mol. The zero-order valence-electron chi connectivity index (χ0n) is 21.1. The van der Waals surface area contributed by atoms with Gasteiger partial charge in [0.05, 0.1) is 6.10 Å². The molecule has 0 aromatic rings. The Hall–Kier alpha value is -2.35. The number of hydrogen-bond acceptors (Lipinski definition) is 7. The van der Waals surface area contributed by atoms with Crippen molar-refractivity contribution in [3.8, 4) is 0 Å². The van der Waals surface area contributed by atoms with Gasteiger partial charge in [0, 0.05) is 36.0 Å². The van der Waals surface area contributed by atoms with Crippen molar-refractivity contribution in [2.24, 2.45) is 28.6 Å². The maximum atomic E-state index is 17.3. The van der Waals surface area contributed by atoms with Crippen LogP contribution in [0.5, 0.6) is 0 Å². The summed E-state index contributed by atoms with van der Waals surface area (Å²) in [6, 6.07) is 0. The molecular weight excluding hydrogens is 455 g/mol. The fourth-order valence-electron chi connectivity index (χ4n) is 7.92. The summed E-state index contributed by atoms with van der Waals surface area (Å²) >= 11 is 0. The number of carbonyl (C=O) groups excluding carboxylic acids is 4. The molecule has 3 fully saturated rings. The Kier molecular flexibility index (Phi) is 6.14. The molecule has 7 nitrogen and oxygen atoms in total. The molecule has 0 aliphatic heterocycles. The van der Waals surface area contributed by atoms with Crippen LogP contribution < -0.4 is 0 Å². The van der Waals surface area contributed by atoms with Gasteiger partial charge in [0.2, 0.25) is 5.78 Å². The van der Waals surface area contributed by atoms with Crippen LogP contribution in [0.15, 0.2) is 23.8 Å². The second-order valence-electron chi connectivity index (χ2n) is 11.2. The van der Waals surface area contributed by atoms with Gasteiger partial charge in [-0.25, -0.2) is 4.39 Å². The van der Waals surface area contributed by atoms with Crippen LogP contribution in [0.3, 0.4) is 0 Å². The first-order valence-corrected chi connectivity index (χ1v) is 12.5. The van der Waals surface area contributed by atoms with Crippen molar-refractivity contribution < 1.29 is 38.1 Å². The molecule has 8 heteroatoms. The first-order chi connectivity index (χ1) is 16.3. The quantitative estimate of drug-likeness (QED) is 0.589. The van der Waals surface area contributed by atoms with Crippen LogP contribution in [0.25, 0.3) is 0 Å². The lowest BCUT2D eigenvalue weighted by Crippen LogP contribution is -2.70. The highest BCUT2D eigenvalue weighted by Gasteiger charge is 2.77. The Balaban J connectivity index is 1.82. The lowest BCUT2D eigenvalue weighted by atomic mass is 9.44. The third-order valence-electron chi connectivity index (χ3n) is 9.57. The van der Waals surface area contributed by atoms with E-state index < -0.39 is 64.4 Å². The number of carbonyl (C=O) groups is 4. The third kappa shape index (κ3) is 3.31. The Morgan fingerprint density at radius 1 is 1.23 bits per heavy atom. The molecule has 1 N–H and O–H groups in total. The van der Waals surface area contributed by atoms with Gasteiger partial charge in [-0.1, -0.05) is 32.4 Å². The number of halogens is 1. The van der Waals surface area contributed by atoms with Crippen molar-refractivity contribution in [2.45, 2.75) is 84.1 Å². The fourth-order valence-corrected chi connectivity index (χ4v) is 7.92. The van der Waals surface area contributed by atoms with E-state index in [0.29, 0.717) is 24.8 Å². The first-order valence-electron chi connectivity index (χ1n) is 12.5. The normalized spacial score (nSPS) is 44.0. The van der Waals surface area contributed by atoms with E-state index >= 15 is 4.39 Å². The average molecular weight is 491 g/mol. The molecule has 4 rings (SSSR count). The van der Waals surface area contributed by atoms with Crippen molar-refractivity contribution >= 4 is 23.5 Å². The standard InChI is InChI=1S/C27H35FO7/c1-6-23(33)35-27(22(32)14-34-16(3)29)15(2)11-20-19-8-7-17-12-18(30)9-10-24(17,4)26(19,28)21(31)13-25(20,27)5/h9-10,12,15,19-21,31H,6-8,11,13-14H2,1-5H3/t15-,19-,20-,21-,24-,25-,26-,27-/m0/s1. The SMILES string of the molecule is CCC(=O)O[C@]1(C(=O)COC(C)=O)[C@@H](C)C[C@H]2[C@@H]3CCC4=CC(=O)C=C[C@]4(C)[C@@]3(F)[C@@H](O)C[C@@]21C. The zero-order chi connectivity index (χ0) is 26.0. The molecule has 0 amide bonds. The summed E-state index contributed by atoms with van der Waals surface area (Å²) < 4.78 is 28.3. The van der Waals surface area contributed by atoms with Crippen LogP contribution in [0, 0.1) is 28.6 Å². The molecule has 4 aliphatic rings. The van der Waals surface area contributed by atoms with Crippen molar-refractivity contribution in [3.63, 3.8) is 0 Å². The number of esters is 2. The van der Waals surface area contributed by atoms with Gasteiger partial charge in [-0.05, 0) is 50.7 Å². The molecule has 0 unspecified atom stereocenters. The van der Waals surface area contributed by atoms with E-state index in [1.165, 1.54) is 19.1 Å². The molecule has 0 radical (unpaired) electrons. The number of aliphatic hydroxyl groups excluding tert-OH is 1. The largest absolute Gasteiger partial charge is 0.458 e. The molecule has 0 aromatic heterocycles.